The molecule has 2 N–H and O–H groups in total. The molecule has 2 heterocycles. The Kier molecular flexibility index (Phi) is 2.73. The van der Waals surface area contributed by atoms with Gasteiger partial charge in [-0.1, -0.05) is 0 Å². The maximum absolute atomic E-state index is 4.03. The Bertz CT molecular complexity index is 400. The SMILES string of the molecule is Brc1cncc(NCc2ncn[nH]2)c1. The minimum atomic E-state index is 0.609. The van der Waals surface area contributed by atoms with E-state index < -0.39 is 0 Å². The highest BCUT2D eigenvalue weighted by molar-refractivity contribution is 9.10. The first-order valence-electron chi connectivity index (χ1n) is 4.03. The van der Waals surface area contributed by atoms with Crippen molar-refractivity contribution in [1.29, 1.82) is 0 Å². The third kappa shape index (κ3) is 2.29. The van der Waals surface area contributed by atoms with Crippen LogP contribution in [0.5, 0.6) is 0 Å². The van der Waals surface area contributed by atoms with Crippen LogP contribution in [0.4, 0.5) is 5.69 Å². The maximum Gasteiger partial charge on any atom is 0.143 e. The Morgan fingerprint density at radius 1 is 1.43 bits per heavy atom. The standard InChI is InChI=1S/C8H8BrN5/c9-6-1-7(3-10-2-6)11-4-8-12-5-13-14-8/h1-3,5,11H,4H2,(H,12,13,14). The minimum absolute atomic E-state index is 0.609. The number of hydrogen-bond acceptors (Lipinski definition) is 4. The smallest absolute Gasteiger partial charge is 0.143 e. The molecule has 2 aromatic rings. The van der Waals surface area contributed by atoms with Crippen LogP contribution in [0.2, 0.25) is 0 Å². The number of nitrogens with zero attached hydrogens (tertiary/aromatic N) is 3. The van der Waals surface area contributed by atoms with Crippen LogP contribution in [-0.2, 0) is 6.54 Å². The average Bonchev–Trinajstić information content (AvgIpc) is 2.67. The Morgan fingerprint density at radius 2 is 2.36 bits per heavy atom. The lowest BCUT2D eigenvalue weighted by molar-refractivity contribution is 0.953. The summed E-state index contributed by atoms with van der Waals surface area (Å²) in [7, 11) is 0. The van der Waals surface area contributed by atoms with E-state index in [9.17, 15) is 0 Å². The summed E-state index contributed by atoms with van der Waals surface area (Å²) in [5.41, 5.74) is 0.941. The van der Waals surface area contributed by atoms with Crippen molar-refractivity contribution in [1.82, 2.24) is 20.2 Å². The van der Waals surface area contributed by atoms with Crippen LogP contribution >= 0.6 is 15.9 Å². The Morgan fingerprint density at radius 3 is 3.07 bits per heavy atom. The summed E-state index contributed by atoms with van der Waals surface area (Å²) in [6.07, 6.45) is 4.97. The first-order chi connectivity index (χ1) is 6.84. The van der Waals surface area contributed by atoms with Crippen molar-refractivity contribution in [3.63, 3.8) is 0 Å². The number of rotatable bonds is 3. The zero-order valence-electron chi connectivity index (χ0n) is 7.24. The van der Waals surface area contributed by atoms with Gasteiger partial charge in [0, 0.05) is 10.7 Å². The molecule has 2 aromatic heterocycles. The second kappa shape index (κ2) is 4.19. The van der Waals surface area contributed by atoms with Crippen LogP contribution in [0, 0.1) is 0 Å². The normalized spacial score (nSPS) is 10.1. The number of pyridine rings is 1. The van der Waals surface area contributed by atoms with Crippen LogP contribution in [0.3, 0.4) is 0 Å². The van der Waals surface area contributed by atoms with Gasteiger partial charge in [0.2, 0.25) is 0 Å². The fourth-order valence-corrected chi connectivity index (χ4v) is 1.38. The van der Waals surface area contributed by atoms with Gasteiger partial charge >= 0.3 is 0 Å². The van der Waals surface area contributed by atoms with Gasteiger partial charge in [-0.3, -0.25) is 10.1 Å². The molecule has 72 valence electrons. The quantitative estimate of drug-likeness (QED) is 0.872. The van der Waals surface area contributed by atoms with Gasteiger partial charge < -0.3 is 5.32 Å². The third-order valence-corrected chi connectivity index (χ3v) is 2.06. The Balaban J connectivity index is 1.98. The van der Waals surface area contributed by atoms with Gasteiger partial charge in [0.15, 0.2) is 0 Å². The van der Waals surface area contributed by atoms with E-state index in [1.807, 2.05) is 6.07 Å². The van der Waals surface area contributed by atoms with E-state index in [0.29, 0.717) is 6.54 Å². The van der Waals surface area contributed by atoms with Crippen LogP contribution < -0.4 is 5.32 Å². The highest BCUT2D eigenvalue weighted by Crippen LogP contribution is 2.13. The molecule has 0 aromatic carbocycles. The zero-order chi connectivity index (χ0) is 9.80. The molecule has 14 heavy (non-hydrogen) atoms. The highest BCUT2D eigenvalue weighted by Gasteiger charge is 1.96. The van der Waals surface area contributed by atoms with E-state index >= 15 is 0 Å². The summed E-state index contributed by atoms with van der Waals surface area (Å²) in [5.74, 6) is 0.796. The second-order valence-corrected chi connectivity index (χ2v) is 3.59. The molecular formula is C8H8BrN5. The molecule has 0 unspecified atom stereocenters. The molecule has 0 aliphatic carbocycles. The number of H-pyrrole nitrogens is 1. The molecule has 0 aliphatic heterocycles. The van der Waals surface area contributed by atoms with Gasteiger partial charge in [0.25, 0.3) is 0 Å². The van der Waals surface area contributed by atoms with Gasteiger partial charge in [-0.25, -0.2) is 4.98 Å². The van der Waals surface area contributed by atoms with E-state index in [4.69, 9.17) is 0 Å². The van der Waals surface area contributed by atoms with E-state index in [2.05, 4.69) is 41.4 Å². The van der Waals surface area contributed by atoms with Crippen molar-refractivity contribution < 1.29 is 0 Å². The number of halogens is 1. The van der Waals surface area contributed by atoms with Crippen molar-refractivity contribution in [2.75, 3.05) is 5.32 Å². The van der Waals surface area contributed by atoms with Gasteiger partial charge in [0.1, 0.15) is 12.2 Å². The molecule has 0 saturated heterocycles. The summed E-state index contributed by atoms with van der Waals surface area (Å²) < 4.78 is 0.945. The van der Waals surface area contributed by atoms with Crippen molar-refractivity contribution >= 4 is 21.6 Å². The fraction of sp³-hybridized carbons (Fsp3) is 0.125. The topological polar surface area (TPSA) is 66.5 Å². The monoisotopic (exact) mass is 253 g/mol. The van der Waals surface area contributed by atoms with Crippen LogP contribution in [0.1, 0.15) is 5.82 Å². The molecule has 0 saturated carbocycles. The summed E-state index contributed by atoms with van der Waals surface area (Å²) in [4.78, 5) is 8.02. The van der Waals surface area contributed by atoms with Gasteiger partial charge in [-0.05, 0) is 22.0 Å². The molecule has 0 amide bonds. The fourth-order valence-electron chi connectivity index (χ4n) is 1.01. The molecule has 0 fully saturated rings. The molecular weight excluding hydrogens is 246 g/mol. The summed E-state index contributed by atoms with van der Waals surface area (Å²) in [5, 5.41) is 9.68. The van der Waals surface area contributed by atoms with Gasteiger partial charge in [-0.2, -0.15) is 5.10 Å². The van der Waals surface area contributed by atoms with E-state index in [0.717, 1.165) is 16.0 Å². The minimum Gasteiger partial charge on any atom is -0.376 e. The predicted molar refractivity (Wildman–Crippen MR) is 55.6 cm³/mol. The summed E-state index contributed by atoms with van der Waals surface area (Å²) in [6, 6.07) is 1.95. The van der Waals surface area contributed by atoms with Crippen molar-refractivity contribution in [3.05, 3.63) is 35.1 Å². The van der Waals surface area contributed by atoms with Crippen LogP contribution in [0.25, 0.3) is 0 Å². The second-order valence-electron chi connectivity index (χ2n) is 2.68. The number of hydrogen-bond donors (Lipinski definition) is 2. The maximum atomic E-state index is 4.03. The largest absolute Gasteiger partial charge is 0.376 e. The number of nitrogens with one attached hydrogen (secondary N) is 2. The Labute approximate surface area is 89.1 Å². The average molecular weight is 254 g/mol. The number of anilines is 1. The molecule has 0 radical (unpaired) electrons. The first kappa shape index (κ1) is 9.14. The third-order valence-electron chi connectivity index (χ3n) is 1.63. The molecule has 0 spiro atoms. The first-order valence-corrected chi connectivity index (χ1v) is 4.82. The zero-order valence-corrected chi connectivity index (χ0v) is 8.82. The molecule has 0 atom stereocenters. The lowest BCUT2D eigenvalue weighted by atomic mass is 10.4. The van der Waals surface area contributed by atoms with E-state index in [-0.39, 0.29) is 0 Å². The molecule has 2 rings (SSSR count). The van der Waals surface area contributed by atoms with Crippen LogP contribution in [-0.4, -0.2) is 20.2 Å². The van der Waals surface area contributed by atoms with Crippen molar-refractivity contribution in [3.8, 4) is 0 Å². The predicted octanol–water partition coefficient (Wildman–Crippen LogP) is 1.57. The van der Waals surface area contributed by atoms with E-state index in [1.165, 1.54) is 6.33 Å². The van der Waals surface area contributed by atoms with Gasteiger partial charge in [-0.15, -0.1) is 0 Å². The van der Waals surface area contributed by atoms with Crippen molar-refractivity contribution in [2.24, 2.45) is 0 Å². The lowest BCUT2D eigenvalue weighted by Gasteiger charge is -2.02. The molecule has 6 heteroatoms. The van der Waals surface area contributed by atoms with E-state index in [1.54, 1.807) is 12.4 Å². The molecule has 5 nitrogen and oxygen atoms in total. The Hall–Kier alpha value is -1.43. The lowest BCUT2D eigenvalue weighted by Crippen LogP contribution is -2.01. The van der Waals surface area contributed by atoms with Gasteiger partial charge in [0.05, 0.1) is 18.4 Å². The van der Waals surface area contributed by atoms with Crippen molar-refractivity contribution in [2.45, 2.75) is 6.54 Å². The summed E-state index contributed by atoms with van der Waals surface area (Å²) >= 11 is 3.34. The summed E-state index contributed by atoms with van der Waals surface area (Å²) in [6.45, 7) is 0.609. The number of aromatic nitrogens is 4. The van der Waals surface area contributed by atoms with Crippen LogP contribution in [0.15, 0.2) is 29.3 Å². The highest BCUT2D eigenvalue weighted by atomic mass is 79.9. The molecule has 0 bridgehead atoms. The number of aromatic amines is 1. The molecule has 0 aliphatic rings.